The zero-order valence-electron chi connectivity index (χ0n) is 14.5. The topological polar surface area (TPSA) is 93.2 Å². The average Bonchev–Trinajstić information content (AvgIpc) is 2.92. The number of hydrogen-bond acceptors (Lipinski definition) is 6. The van der Waals surface area contributed by atoms with Crippen molar-refractivity contribution in [3.05, 3.63) is 28.5 Å². The van der Waals surface area contributed by atoms with Gasteiger partial charge in [-0.1, -0.05) is 11.6 Å². The molecule has 1 aromatic rings. The van der Waals surface area contributed by atoms with E-state index in [1.54, 1.807) is 0 Å². The average molecular weight is 399 g/mol. The number of methoxy groups -OCH3 is 2. The van der Waals surface area contributed by atoms with Crippen molar-refractivity contribution in [2.24, 2.45) is 5.92 Å². The van der Waals surface area contributed by atoms with Gasteiger partial charge in [0.15, 0.2) is 5.82 Å². The van der Waals surface area contributed by atoms with Gasteiger partial charge in [-0.3, -0.25) is 9.59 Å². The van der Waals surface area contributed by atoms with Crippen molar-refractivity contribution in [2.45, 2.75) is 18.9 Å². The summed E-state index contributed by atoms with van der Waals surface area (Å²) in [6.07, 6.45) is 0.500. The molecule has 2 fully saturated rings. The van der Waals surface area contributed by atoms with Crippen molar-refractivity contribution in [3.63, 3.8) is 0 Å². The van der Waals surface area contributed by atoms with Crippen LogP contribution in [-0.2, 0) is 19.1 Å². The van der Waals surface area contributed by atoms with Crippen molar-refractivity contribution in [2.75, 3.05) is 25.7 Å². The minimum atomic E-state index is -1.00. The number of fused-ring (bicyclic) bond motifs is 1. The molecule has 0 saturated carbocycles. The maximum Gasteiger partial charge on any atom is 0.340 e. The molecular formula is C17H16ClFN2O6. The Morgan fingerprint density at radius 1 is 1.22 bits per heavy atom. The Bertz CT molecular complexity index is 845. The van der Waals surface area contributed by atoms with E-state index >= 15 is 0 Å². The monoisotopic (exact) mass is 398 g/mol. The predicted molar refractivity (Wildman–Crippen MR) is 90.9 cm³/mol. The molecule has 0 bridgehead atoms. The molecule has 2 unspecified atom stereocenters. The summed E-state index contributed by atoms with van der Waals surface area (Å²) < 4.78 is 23.3. The normalized spacial score (nSPS) is 21.9. The van der Waals surface area contributed by atoms with Gasteiger partial charge in [0.25, 0.3) is 5.91 Å². The van der Waals surface area contributed by atoms with E-state index in [9.17, 15) is 23.6 Å². The molecule has 8 nitrogen and oxygen atoms in total. The zero-order valence-corrected chi connectivity index (χ0v) is 15.3. The van der Waals surface area contributed by atoms with E-state index in [1.165, 1.54) is 12.0 Å². The lowest BCUT2D eigenvalue weighted by molar-refractivity contribution is -0.147. The van der Waals surface area contributed by atoms with Crippen LogP contribution in [-0.4, -0.2) is 55.6 Å². The number of hydrogen-bond donors (Lipinski definition) is 0. The third-order valence-corrected chi connectivity index (χ3v) is 5.03. The van der Waals surface area contributed by atoms with Crippen LogP contribution < -0.4 is 4.90 Å². The fraction of sp³-hybridized carbons (Fsp3) is 0.412. The Morgan fingerprint density at radius 2 is 1.93 bits per heavy atom. The second kappa shape index (κ2) is 7.15. The lowest BCUT2D eigenvalue weighted by Gasteiger charge is -2.30. The van der Waals surface area contributed by atoms with Crippen LogP contribution in [0.4, 0.5) is 14.9 Å². The zero-order chi connectivity index (χ0) is 19.9. The number of urea groups is 1. The van der Waals surface area contributed by atoms with Crippen molar-refractivity contribution >= 4 is 41.2 Å². The molecule has 1 aromatic carbocycles. The van der Waals surface area contributed by atoms with Crippen LogP contribution in [0.3, 0.4) is 0 Å². The molecule has 27 heavy (non-hydrogen) atoms. The third kappa shape index (κ3) is 3.12. The highest BCUT2D eigenvalue weighted by Crippen LogP contribution is 2.35. The Kier molecular flexibility index (Phi) is 5.05. The summed E-state index contributed by atoms with van der Waals surface area (Å²) in [4.78, 5) is 51.2. The van der Waals surface area contributed by atoms with Crippen LogP contribution in [0.1, 0.15) is 23.2 Å². The summed E-state index contributed by atoms with van der Waals surface area (Å²) in [5.41, 5.74) is -0.529. The summed E-state index contributed by atoms with van der Waals surface area (Å²) in [7, 11) is 2.33. The Labute approximate surface area is 158 Å². The molecule has 2 aliphatic heterocycles. The largest absolute Gasteiger partial charge is 0.469 e. The number of imide groups is 1. The van der Waals surface area contributed by atoms with E-state index in [0.717, 1.165) is 24.1 Å². The number of halogens is 2. The van der Waals surface area contributed by atoms with Crippen molar-refractivity contribution in [3.8, 4) is 0 Å². The predicted octanol–water partition coefficient (Wildman–Crippen LogP) is 1.99. The first-order valence-corrected chi connectivity index (χ1v) is 8.47. The molecule has 2 heterocycles. The minimum Gasteiger partial charge on any atom is -0.469 e. The molecule has 2 saturated heterocycles. The highest BCUT2D eigenvalue weighted by atomic mass is 35.5. The number of carbonyl (C=O) groups excluding carboxylic acids is 4. The molecule has 144 valence electrons. The van der Waals surface area contributed by atoms with Gasteiger partial charge in [-0.25, -0.2) is 18.9 Å². The Hall–Kier alpha value is -2.68. The molecule has 2 atom stereocenters. The van der Waals surface area contributed by atoms with Gasteiger partial charge < -0.3 is 14.4 Å². The molecule has 0 aliphatic carbocycles. The second-order valence-electron chi connectivity index (χ2n) is 6.19. The van der Waals surface area contributed by atoms with Gasteiger partial charge in [-0.2, -0.15) is 0 Å². The lowest BCUT2D eigenvalue weighted by atomic mass is 9.91. The van der Waals surface area contributed by atoms with Gasteiger partial charge >= 0.3 is 18.0 Å². The van der Waals surface area contributed by atoms with Crippen molar-refractivity contribution < 1.29 is 33.0 Å². The van der Waals surface area contributed by atoms with E-state index in [0.29, 0.717) is 6.42 Å². The number of amides is 3. The van der Waals surface area contributed by atoms with Crippen molar-refractivity contribution in [1.29, 1.82) is 0 Å². The molecule has 0 N–H and O–H groups in total. The molecular weight excluding hydrogens is 383 g/mol. The number of benzene rings is 1. The molecule has 0 aromatic heterocycles. The lowest BCUT2D eigenvalue weighted by Crippen LogP contribution is -2.44. The summed E-state index contributed by atoms with van der Waals surface area (Å²) in [5, 5.41) is -0.425. The van der Waals surface area contributed by atoms with Crippen LogP contribution in [0.15, 0.2) is 12.1 Å². The summed E-state index contributed by atoms with van der Waals surface area (Å²) in [5.74, 6) is -3.50. The van der Waals surface area contributed by atoms with Gasteiger partial charge in [0, 0.05) is 6.54 Å². The Balaban J connectivity index is 1.96. The third-order valence-electron chi connectivity index (χ3n) is 4.76. The summed E-state index contributed by atoms with van der Waals surface area (Å²) in [6.45, 7) is 0.199. The van der Waals surface area contributed by atoms with E-state index in [-0.39, 0.29) is 18.7 Å². The first-order chi connectivity index (χ1) is 12.8. The number of anilines is 1. The van der Waals surface area contributed by atoms with Crippen LogP contribution in [0.2, 0.25) is 5.02 Å². The standard InChI is InChI=1S/C17H16ClFN2O6/c1-26-15(23)8-3-4-20-12(5-8)14(22)21(17(20)25)9-6-10(16(24)27-2)13(19)11(18)7-9/h6-8,12H,3-5H2,1-2H3. The highest BCUT2D eigenvalue weighted by Gasteiger charge is 2.50. The fourth-order valence-electron chi connectivity index (χ4n) is 3.38. The highest BCUT2D eigenvalue weighted by molar-refractivity contribution is 6.32. The van der Waals surface area contributed by atoms with E-state index in [2.05, 4.69) is 4.74 Å². The maximum atomic E-state index is 14.1. The van der Waals surface area contributed by atoms with E-state index in [1.807, 2.05) is 0 Å². The molecule has 10 heteroatoms. The Morgan fingerprint density at radius 3 is 2.56 bits per heavy atom. The quantitative estimate of drug-likeness (QED) is 0.571. The molecule has 0 spiro atoms. The number of nitrogens with zero attached hydrogens (tertiary/aromatic N) is 2. The van der Waals surface area contributed by atoms with Gasteiger partial charge in [0.1, 0.15) is 6.04 Å². The SMILES string of the molecule is COC(=O)c1cc(N2C(=O)C3CC(C(=O)OC)CCN3C2=O)cc(Cl)c1F. The van der Waals surface area contributed by atoms with Crippen molar-refractivity contribution in [1.82, 2.24) is 4.90 Å². The fourth-order valence-corrected chi connectivity index (χ4v) is 3.59. The van der Waals surface area contributed by atoms with Gasteiger partial charge in [-0.15, -0.1) is 0 Å². The summed E-state index contributed by atoms with van der Waals surface area (Å²) >= 11 is 5.82. The first kappa shape index (κ1) is 19.1. The molecule has 0 radical (unpaired) electrons. The van der Waals surface area contributed by atoms with Crippen LogP contribution >= 0.6 is 11.6 Å². The number of ether oxygens (including phenoxy) is 2. The van der Waals surface area contributed by atoms with E-state index in [4.69, 9.17) is 16.3 Å². The van der Waals surface area contributed by atoms with E-state index < -0.39 is 52.2 Å². The number of piperidine rings is 1. The van der Waals surface area contributed by atoms with Crippen LogP contribution in [0.25, 0.3) is 0 Å². The first-order valence-electron chi connectivity index (χ1n) is 8.09. The molecule has 3 amide bonds. The van der Waals surface area contributed by atoms with Gasteiger partial charge in [-0.05, 0) is 25.0 Å². The smallest absolute Gasteiger partial charge is 0.340 e. The second-order valence-corrected chi connectivity index (χ2v) is 6.60. The number of rotatable bonds is 3. The number of esters is 2. The van der Waals surface area contributed by atoms with Gasteiger partial charge in [0.05, 0.1) is 36.4 Å². The minimum absolute atomic E-state index is 0.0409. The molecule has 3 rings (SSSR count). The number of carbonyl (C=O) groups is 4. The van der Waals surface area contributed by atoms with Gasteiger partial charge in [0.2, 0.25) is 0 Å². The van der Waals surface area contributed by atoms with Crippen LogP contribution in [0.5, 0.6) is 0 Å². The maximum absolute atomic E-state index is 14.1. The van der Waals surface area contributed by atoms with Crippen LogP contribution in [0, 0.1) is 11.7 Å². The summed E-state index contributed by atoms with van der Waals surface area (Å²) in [6, 6.07) is 0.682. The molecule has 2 aliphatic rings.